The van der Waals surface area contributed by atoms with E-state index >= 15 is 0 Å². The first kappa shape index (κ1) is 22.0. The number of amides is 1. The summed E-state index contributed by atoms with van der Waals surface area (Å²) in [5.74, 6) is 1.10. The number of carbonyl (C=O) groups is 1. The van der Waals surface area contributed by atoms with Gasteiger partial charge >= 0.3 is 0 Å². The van der Waals surface area contributed by atoms with Crippen LogP contribution in [-0.4, -0.2) is 60.1 Å². The zero-order chi connectivity index (χ0) is 21.5. The first-order valence-corrected chi connectivity index (χ1v) is 11.7. The summed E-state index contributed by atoms with van der Waals surface area (Å²) in [6.45, 7) is 4.11. The van der Waals surface area contributed by atoms with Gasteiger partial charge in [-0.15, -0.1) is 0 Å². The Morgan fingerprint density at radius 2 is 1.77 bits per heavy atom. The second-order valence-electron chi connectivity index (χ2n) is 9.08. The Hall–Kier alpha value is -2.24. The maximum absolute atomic E-state index is 12.9. The number of rotatable bonds is 7. The number of pyridine rings is 1. The number of likely N-dealkylation sites (tertiary alicyclic amines) is 1. The molecule has 2 aliphatic heterocycles. The average molecular weight is 422 g/mol. The number of hydrogen-bond acceptors (Lipinski definition) is 4. The summed E-state index contributed by atoms with van der Waals surface area (Å²) in [5, 5.41) is 0. The molecule has 1 aromatic carbocycles. The Bertz CT molecular complexity index is 800. The van der Waals surface area contributed by atoms with Crippen molar-refractivity contribution in [2.24, 2.45) is 11.8 Å². The second-order valence-corrected chi connectivity index (χ2v) is 9.08. The monoisotopic (exact) mass is 421 g/mol. The van der Waals surface area contributed by atoms with Gasteiger partial charge in [0.15, 0.2) is 0 Å². The Labute approximate surface area is 186 Å². The van der Waals surface area contributed by atoms with Crippen molar-refractivity contribution in [3.8, 4) is 0 Å². The summed E-state index contributed by atoms with van der Waals surface area (Å²) >= 11 is 0. The molecule has 5 heteroatoms. The van der Waals surface area contributed by atoms with E-state index < -0.39 is 0 Å². The second kappa shape index (κ2) is 10.9. The maximum atomic E-state index is 12.9. The summed E-state index contributed by atoms with van der Waals surface area (Å²) < 4.78 is 5.44. The van der Waals surface area contributed by atoms with E-state index in [9.17, 15) is 4.79 Å². The van der Waals surface area contributed by atoms with E-state index in [2.05, 4.69) is 58.2 Å². The van der Waals surface area contributed by atoms with Crippen LogP contribution in [0.3, 0.4) is 0 Å². The first-order valence-electron chi connectivity index (χ1n) is 11.7. The molecule has 2 fully saturated rings. The molecule has 0 aliphatic carbocycles. The van der Waals surface area contributed by atoms with Crippen LogP contribution >= 0.6 is 0 Å². The van der Waals surface area contributed by atoms with Gasteiger partial charge in [-0.1, -0.05) is 36.4 Å². The van der Waals surface area contributed by atoms with E-state index in [1.807, 2.05) is 18.5 Å². The van der Waals surface area contributed by atoms with Crippen LogP contribution < -0.4 is 0 Å². The van der Waals surface area contributed by atoms with E-state index in [4.69, 9.17) is 4.74 Å². The molecule has 5 nitrogen and oxygen atoms in total. The molecule has 2 saturated heterocycles. The summed E-state index contributed by atoms with van der Waals surface area (Å²) in [6.07, 6.45) is 8.73. The van der Waals surface area contributed by atoms with Crippen LogP contribution in [-0.2, 0) is 22.5 Å². The zero-order valence-corrected chi connectivity index (χ0v) is 18.7. The topological polar surface area (TPSA) is 45.7 Å². The van der Waals surface area contributed by atoms with Crippen molar-refractivity contribution in [1.29, 1.82) is 0 Å². The van der Waals surface area contributed by atoms with Crippen molar-refractivity contribution in [1.82, 2.24) is 14.8 Å². The minimum absolute atomic E-state index is 0.165. The lowest BCUT2D eigenvalue weighted by atomic mass is 9.84. The van der Waals surface area contributed by atoms with Gasteiger partial charge in [0.1, 0.15) is 0 Å². The minimum atomic E-state index is 0.165. The van der Waals surface area contributed by atoms with Crippen molar-refractivity contribution in [3.63, 3.8) is 0 Å². The van der Waals surface area contributed by atoms with Gasteiger partial charge in [-0.2, -0.15) is 0 Å². The largest absolute Gasteiger partial charge is 0.381 e. The summed E-state index contributed by atoms with van der Waals surface area (Å²) in [7, 11) is 2.24. The molecule has 0 unspecified atom stereocenters. The van der Waals surface area contributed by atoms with Crippen LogP contribution in [0.15, 0.2) is 54.9 Å². The molecule has 1 atom stereocenters. The lowest BCUT2D eigenvalue weighted by Crippen LogP contribution is -2.48. The Morgan fingerprint density at radius 1 is 1.06 bits per heavy atom. The fourth-order valence-corrected chi connectivity index (χ4v) is 5.14. The molecule has 2 aliphatic rings. The molecule has 166 valence electrons. The molecule has 0 spiro atoms. The lowest BCUT2D eigenvalue weighted by Gasteiger charge is -2.41. The molecule has 4 rings (SSSR count). The number of carbonyl (C=O) groups excluding carboxylic acids is 1. The van der Waals surface area contributed by atoms with Crippen molar-refractivity contribution < 1.29 is 9.53 Å². The molecule has 3 heterocycles. The Balaban J connectivity index is 1.41. The molecule has 31 heavy (non-hydrogen) atoms. The number of benzene rings is 1. The predicted molar refractivity (Wildman–Crippen MR) is 122 cm³/mol. The molecule has 1 aromatic heterocycles. The van der Waals surface area contributed by atoms with Gasteiger partial charge in [0, 0.05) is 57.2 Å². The smallest absolute Gasteiger partial charge is 0.225 e. The van der Waals surface area contributed by atoms with Gasteiger partial charge in [-0.25, -0.2) is 0 Å². The fourth-order valence-electron chi connectivity index (χ4n) is 5.14. The highest BCUT2D eigenvalue weighted by molar-refractivity contribution is 5.79. The average Bonchev–Trinajstić information content (AvgIpc) is 2.84. The van der Waals surface area contributed by atoms with E-state index in [1.54, 1.807) is 0 Å². The number of hydrogen-bond donors (Lipinski definition) is 0. The van der Waals surface area contributed by atoms with Gasteiger partial charge < -0.3 is 9.64 Å². The lowest BCUT2D eigenvalue weighted by molar-refractivity contribution is -0.140. The normalized spacial score (nSPS) is 19.5. The van der Waals surface area contributed by atoms with Gasteiger partial charge in [-0.05, 0) is 62.3 Å². The van der Waals surface area contributed by atoms with Crippen molar-refractivity contribution in [2.45, 2.75) is 44.7 Å². The van der Waals surface area contributed by atoms with Crippen LogP contribution in [0.25, 0.3) is 0 Å². The first-order chi connectivity index (χ1) is 15.2. The van der Waals surface area contributed by atoms with Crippen LogP contribution in [0.5, 0.6) is 0 Å². The third-order valence-corrected chi connectivity index (χ3v) is 6.97. The quantitative estimate of drug-likeness (QED) is 0.682. The van der Waals surface area contributed by atoms with Gasteiger partial charge in [0.2, 0.25) is 5.91 Å². The molecule has 0 N–H and O–H groups in total. The van der Waals surface area contributed by atoms with E-state index in [-0.39, 0.29) is 5.92 Å². The van der Waals surface area contributed by atoms with Gasteiger partial charge in [-0.3, -0.25) is 14.7 Å². The SMILES string of the molecule is CN(Cc1cccnc1)[C@H](Cc1ccccc1)C1CCN(C(=O)C2CCOCC2)CC1. The summed E-state index contributed by atoms with van der Waals surface area (Å²) in [6, 6.07) is 15.4. The standard InChI is InChI=1S/C26H35N3O2/c1-28(20-22-8-5-13-27-19-22)25(18-21-6-3-2-4-7-21)23-9-14-29(15-10-23)26(30)24-11-16-31-17-12-24/h2-8,13,19,23-25H,9-12,14-18,20H2,1H3/t25-/m1/s1. The molecular formula is C26H35N3O2. The Kier molecular flexibility index (Phi) is 7.71. The van der Waals surface area contributed by atoms with Crippen molar-refractivity contribution >= 4 is 5.91 Å². The molecular weight excluding hydrogens is 386 g/mol. The molecule has 0 bridgehead atoms. The minimum Gasteiger partial charge on any atom is -0.381 e. The fraction of sp³-hybridized carbons (Fsp3) is 0.538. The molecule has 1 amide bonds. The molecule has 0 saturated carbocycles. The van der Waals surface area contributed by atoms with Crippen LogP contribution in [0.1, 0.15) is 36.8 Å². The summed E-state index contributed by atoms with van der Waals surface area (Å²) in [4.78, 5) is 21.8. The third-order valence-electron chi connectivity index (χ3n) is 6.97. The highest BCUT2D eigenvalue weighted by Crippen LogP contribution is 2.29. The summed E-state index contributed by atoms with van der Waals surface area (Å²) in [5.41, 5.74) is 2.63. The zero-order valence-electron chi connectivity index (χ0n) is 18.7. The third kappa shape index (κ3) is 5.92. The van der Waals surface area contributed by atoms with Crippen LogP contribution in [0, 0.1) is 11.8 Å². The van der Waals surface area contributed by atoms with Crippen molar-refractivity contribution in [2.75, 3.05) is 33.4 Å². The van der Waals surface area contributed by atoms with E-state index in [0.717, 1.165) is 65.0 Å². The van der Waals surface area contributed by atoms with Gasteiger partial charge in [0.05, 0.1) is 0 Å². The van der Waals surface area contributed by atoms with E-state index in [1.165, 1.54) is 11.1 Å². The highest BCUT2D eigenvalue weighted by atomic mass is 16.5. The van der Waals surface area contributed by atoms with Crippen molar-refractivity contribution in [3.05, 3.63) is 66.0 Å². The van der Waals surface area contributed by atoms with Gasteiger partial charge in [0.25, 0.3) is 0 Å². The number of aromatic nitrogens is 1. The molecule has 2 aromatic rings. The number of piperidine rings is 1. The van der Waals surface area contributed by atoms with Crippen LogP contribution in [0.4, 0.5) is 0 Å². The molecule has 0 radical (unpaired) electrons. The number of ether oxygens (including phenoxy) is 1. The van der Waals surface area contributed by atoms with E-state index in [0.29, 0.717) is 17.9 Å². The number of likely N-dealkylation sites (N-methyl/N-ethyl adjacent to an activating group) is 1. The van der Waals surface area contributed by atoms with Crippen LogP contribution in [0.2, 0.25) is 0 Å². The predicted octanol–water partition coefficient (Wildman–Crippen LogP) is 3.79. The highest BCUT2D eigenvalue weighted by Gasteiger charge is 2.33. The number of nitrogens with zero attached hydrogens (tertiary/aromatic N) is 3. The Morgan fingerprint density at radius 3 is 2.45 bits per heavy atom. The maximum Gasteiger partial charge on any atom is 0.225 e.